The van der Waals surface area contributed by atoms with E-state index < -0.39 is 0 Å². The fourth-order valence-electron chi connectivity index (χ4n) is 3.21. The Labute approximate surface area is 179 Å². The summed E-state index contributed by atoms with van der Waals surface area (Å²) in [6.07, 6.45) is 2.16. The van der Waals surface area contributed by atoms with E-state index in [0.29, 0.717) is 28.9 Å². The number of anilines is 1. The molecule has 0 aliphatic heterocycles. The first-order valence-electron chi connectivity index (χ1n) is 10.2. The van der Waals surface area contributed by atoms with Gasteiger partial charge in [-0.15, -0.1) is 11.8 Å². The molecule has 0 saturated heterocycles. The summed E-state index contributed by atoms with van der Waals surface area (Å²) in [6, 6.07) is 10.9. The summed E-state index contributed by atoms with van der Waals surface area (Å²) in [7, 11) is 0. The number of hydrogen-bond acceptors (Lipinski definition) is 5. The minimum Gasteiger partial charge on any atom is -0.306 e. The Bertz CT molecular complexity index is 1130. The molecule has 7 nitrogen and oxygen atoms in total. The van der Waals surface area contributed by atoms with Gasteiger partial charge in [0, 0.05) is 22.9 Å². The fourth-order valence-corrected chi connectivity index (χ4v) is 4.01. The van der Waals surface area contributed by atoms with Crippen LogP contribution in [0.1, 0.15) is 67.2 Å². The highest BCUT2D eigenvalue weighted by atomic mass is 32.2. The van der Waals surface area contributed by atoms with E-state index in [1.807, 2.05) is 44.2 Å². The van der Waals surface area contributed by atoms with Gasteiger partial charge < -0.3 is 5.32 Å². The van der Waals surface area contributed by atoms with Crippen LogP contribution in [0.15, 0.2) is 46.1 Å². The number of thioether (sulfide) groups is 1. The van der Waals surface area contributed by atoms with Crippen molar-refractivity contribution in [2.24, 2.45) is 0 Å². The summed E-state index contributed by atoms with van der Waals surface area (Å²) in [5.74, 6) is 1.97. The highest BCUT2D eigenvalue weighted by Crippen LogP contribution is 2.40. The van der Waals surface area contributed by atoms with E-state index in [4.69, 9.17) is 0 Å². The summed E-state index contributed by atoms with van der Waals surface area (Å²) in [5.41, 5.74) is 1.95. The third kappa shape index (κ3) is 4.33. The molecule has 2 aromatic heterocycles. The van der Waals surface area contributed by atoms with Crippen molar-refractivity contribution < 1.29 is 4.79 Å². The molecule has 156 valence electrons. The average molecular weight is 424 g/mol. The van der Waals surface area contributed by atoms with Gasteiger partial charge in [0.25, 0.3) is 11.5 Å². The molecule has 1 fully saturated rings. The van der Waals surface area contributed by atoms with E-state index in [1.54, 1.807) is 11.8 Å². The van der Waals surface area contributed by atoms with Gasteiger partial charge >= 0.3 is 0 Å². The average Bonchev–Trinajstić information content (AvgIpc) is 3.49. The van der Waals surface area contributed by atoms with Crippen molar-refractivity contribution in [3.63, 3.8) is 0 Å². The Morgan fingerprint density at radius 1 is 1.30 bits per heavy atom. The van der Waals surface area contributed by atoms with Crippen LogP contribution in [0.5, 0.6) is 0 Å². The Kier molecular flexibility index (Phi) is 5.76. The second-order valence-electron chi connectivity index (χ2n) is 7.67. The highest BCUT2D eigenvalue weighted by molar-refractivity contribution is 7.99. The normalized spacial score (nSPS) is 13.6. The predicted molar refractivity (Wildman–Crippen MR) is 119 cm³/mol. The maximum absolute atomic E-state index is 13.1. The van der Waals surface area contributed by atoms with Crippen molar-refractivity contribution >= 4 is 23.5 Å². The maximum Gasteiger partial charge on any atom is 0.257 e. The Morgan fingerprint density at radius 2 is 2.07 bits per heavy atom. The van der Waals surface area contributed by atoms with Gasteiger partial charge in [0.2, 0.25) is 5.95 Å². The van der Waals surface area contributed by atoms with Crippen molar-refractivity contribution in [3.8, 4) is 5.95 Å². The molecule has 0 spiro atoms. The van der Waals surface area contributed by atoms with Gasteiger partial charge in [-0.3, -0.25) is 14.6 Å². The number of carbonyl (C=O) groups is 1. The minimum atomic E-state index is -0.242. The molecule has 2 heterocycles. The van der Waals surface area contributed by atoms with Gasteiger partial charge in [-0.2, -0.15) is 9.78 Å². The van der Waals surface area contributed by atoms with E-state index in [2.05, 4.69) is 27.3 Å². The first-order valence-corrected chi connectivity index (χ1v) is 11.2. The topological polar surface area (TPSA) is 92.7 Å². The number of benzene rings is 1. The molecule has 2 N–H and O–H groups in total. The lowest BCUT2D eigenvalue weighted by Gasteiger charge is -2.11. The first-order chi connectivity index (χ1) is 14.5. The van der Waals surface area contributed by atoms with Crippen LogP contribution in [0.4, 0.5) is 5.82 Å². The molecule has 1 saturated carbocycles. The molecule has 4 rings (SSSR count). The van der Waals surface area contributed by atoms with E-state index in [-0.39, 0.29) is 17.4 Å². The van der Waals surface area contributed by atoms with Crippen molar-refractivity contribution in [2.75, 3.05) is 11.1 Å². The molecule has 0 bridgehead atoms. The molecule has 8 heteroatoms. The third-order valence-electron chi connectivity index (χ3n) is 4.94. The number of amides is 1. The molecule has 1 amide bonds. The Morgan fingerprint density at radius 3 is 2.77 bits per heavy atom. The maximum atomic E-state index is 13.1. The standard InChI is InChI=1S/C22H25N5O2S/c1-4-30-18-8-6-5-7-15(18)21(29)24-19-11-17(14-9-10-14)26-27(19)22-23-16(13(2)3)12-20(28)25-22/h5-8,11-14H,4,9-10H2,1-3H3,(H,24,29)(H,23,25,28). The van der Waals surface area contributed by atoms with Crippen LogP contribution < -0.4 is 10.9 Å². The molecule has 30 heavy (non-hydrogen) atoms. The number of nitrogens with zero attached hydrogens (tertiary/aromatic N) is 3. The number of rotatable bonds is 7. The zero-order valence-corrected chi connectivity index (χ0v) is 18.1. The van der Waals surface area contributed by atoms with Crippen molar-refractivity contribution in [1.82, 2.24) is 19.7 Å². The lowest BCUT2D eigenvalue weighted by molar-refractivity contribution is 0.102. The number of H-pyrrole nitrogens is 1. The van der Waals surface area contributed by atoms with Crippen LogP contribution in [0.3, 0.4) is 0 Å². The van der Waals surface area contributed by atoms with Crippen LogP contribution in [-0.4, -0.2) is 31.4 Å². The van der Waals surface area contributed by atoms with Crippen molar-refractivity contribution in [1.29, 1.82) is 0 Å². The van der Waals surface area contributed by atoms with E-state index in [9.17, 15) is 9.59 Å². The first kappa shape index (κ1) is 20.4. The van der Waals surface area contributed by atoms with Gasteiger partial charge in [-0.1, -0.05) is 32.9 Å². The number of aromatic amines is 1. The summed E-state index contributed by atoms with van der Waals surface area (Å²) in [4.78, 5) is 33.5. The van der Waals surface area contributed by atoms with Gasteiger partial charge in [0.05, 0.1) is 17.0 Å². The number of nitrogens with one attached hydrogen (secondary N) is 2. The second-order valence-corrected chi connectivity index (χ2v) is 8.98. The van der Waals surface area contributed by atoms with Gasteiger partial charge in [0.1, 0.15) is 5.82 Å². The van der Waals surface area contributed by atoms with Crippen molar-refractivity contribution in [2.45, 2.75) is 50.3 Å². The third-order valence-corrected chi connectivity index (χ3v) is 5.89. The molecule has 0 unspecified atom stereocenters. The zero-order valence-electron chi connectivity index (χ0n) is 17.3. The van der Waals surface area contributed by atoms with Gasteiger partial charge in [0.15, 0.2) is 0 Å². The highest BCUT2D eigenvalue weighted by Gasteiger charge is 2.28. The Hall–Kier alpha value is -2.87. The lowest BCUT2D eigenvalue weighted by Crippen LogP contribution is -2.20. The fraction of sp³-hybridized carbons (Fsp3) is 0.364. The van der Waals surface area contributed by atoms with Crippen LogP contribution in [0, 0.1) is 0 Å². The summed E-state index contributed by atoms with van der Waals surface area (Å²) < 4.78 is 1.54. The number of carbonyl (C=O) groups excluding carboxylic acids is 1. The van der Waals surface area contributed by atoms with Crippen LogP contribution in [0.2, 0.25) is 0 Å². The summed E-state index contributed by atoms with van der Waals surface area (Å²) in [6.45, 7) is 6.02. The molecule has 1 aliphatic carbocycles. The van der Waals surface area contributed by atoms with Crippen LogP contribution in [0.25, 0.3) is 5.95 Å². The van der Waals surface area contributed by atoms with E-state index >= 15 is 0 Å². The number of aromatic nitrogens is 4. The van der Waals surface area contributed by atoms with Crippen LogP contribution >= 0.6 is 11.8 Å². The molecule has 0 radical (unpaired) electrons. The molecule has 3 aromatic rings. The predicted octanol–water partition coefficient (Wildman–Crippen LogP) is 4.32. The van der Waals surface area contributed by atoms with E-state index in [0.717, 1.165) is 29.2 Å². The molecular weight excluding hydrogens is 398 g/mol. The smallest absolute Gasteiger partial charge is 0.257 e. The monoisotopic (exact) mass is 423 g/mol. The summed E-state index contributed by atoms with van der Waals surface area (Å²) >= 11 is 1.63. The van der Waals surface area contributed by atoms with E-state index in [1.165, 1.54) is 10.7 Å². The number of hydrogen-bond donors (Lipinski definition) is 2. The van der Waals surface area contributed by atoms with Gasteiger partial charge in [-0.25, -0.2) is 4.98 Å². The summed E-state index contributed by atoms with van der Waals surface area (Å²) in [5, 5.41) is 7.64. The minimum absolute atomic E-state index is 0.0977. The quantitative estimate of drug-likeness (QED) is 0.552. The zero-order chi connectivity index (χ0) is 21.3. The van der Waals surface area contributed by atoms with Crippen LogP contribution in [-0.2, 0) is 0 Å². The largest absolute Gasteiger partial charge is 0.306 e. The van der Waals surface area contributed by atoms with Crippen molar-refractivity contribution in [3.05, 3.63) is 63.7 Å². The molecule has 1 aliphatic rings. The van der Waals surface area contributed by atoms with Gasteiger partial charge in [-0.05, 0) is 36.6 Å². The second kappa shape index (κ2) is 8.47. The molecule has 0 atom stereocenters. The molecule has 1 aromatic carbocycles. The SMILES string of the molecule is CCSc1ccccc1C(=O)Nc1cc(C2CC2)nn1-c1nc(C(C)C)cc(=O)[nH]1. The Balaban J connectivity index is 1.73. The molecular formula is C22H25N5O2S. The lowest BCUT2D eigenvalue weighted by atomic mass is 10.1.